The van der Waals surface area contributed by atoms with Crippen LogP contribution < -0.4 is 5.32 Å². The molecule has 2 atom stereocenters. The molecule has 1 aliphatic carbocycles. The average molecular weight is 279 g/mol. The number of hydrogen-bond acceptors (Lipinski definition) is 3. The summed E-state index contributed by atoms with van der Waals surface area (Å²) in [4.78, 5) is 1.39. The Morgan fingerprint density at radius 3 is 2.84 bits per heavy atom. The van der Waals surface area contributed by atoms with Crippen molar-refractivity contribution >= 4 is 11.8 Å². The highest BCUT2D eigenvalue weighted by molar-refractivity contribution is 8.00. The Bertz CT molecular complexity index is 435. The molecular weight excluding hydrogens is 254 g/mol. The summed E-state index contributed by atoms with van der Waals surface area (Å²) in [6.07, 6.45) is 3.33. The Kier molecular flexibility index (Phi) is 4.93. The van der Waals surface area contributed by atoms with Gasteiger partial charge in [-0.2, -0.15) is 0 Å². The van der Waals surface area contributed by atoms with Crippen LogP contribution >= 0.6 is 11.8 Å². The molecule has 2 nitrogen and oxygen atoms in total. The van der Waals surface area contributed by atoms with Crippen molar-refractivity contribution in [3.8, 4) is 0 Å². The van der Waals surface area contributed by atoms with E-state index in [9.17, 15) is 5.11 Å². The lowest BCUT2D eigenvalue weighted by Gasteiger charge is -2.28. The number of rotatable bonds is 5. The number of aliphatic hydroxyl groups excluding tert-OH is 1. The van der Waals surface area contributed by atoms with Crippen molar-refractivity contribution < 1.29 is 5.11 Å². The first kappa shape index (κ1) is 14.9. The normalized spacial score (nSPS) is 26.8. The summed E-state index contributed by atoms with van der Waals surface area (Å²) in [5, 5.41) is 13.8. The Morgan fingerprint density at radius 1 is 1.42 bits per heavy atom. The predicted octanol–water partition coefficient (Wildman–Crippen LogP) is 3.29. The SMILES string of the molecule is CCNC1(CO)CCC(Sc2ccc(C)cc2C)C1. The fourth-order valence-electron chi connectivity index (χ4n) is 3.02. The number of nitrogens with one attached hydrogen (secondary N) is 1. The molecule has 19 heavy (non-hydrogen) atoms. The van der Waals surface area contributed by atoms with Crippen LogP contribution in [0, 0.1) is 13.8 Å². The van der Waals surface area contributed by atoms with Crippen LogP contribution in [-0.4, -0.2) is 29.0 Å². The summed E-state index contributed by atoms with van der Waals surface area (Å²) < 4.78 is 0. The molecule has 0 saturated heterocycles. The molecule has 0 radical (unpaired) electrons. The minimum absolute atomic E-state index is 0.0367. The predicted molar refractivity (Wildman–Crippen MR) is 82.9 cm³/mol. The molecule has 1 aliphatic rings. The lowest BCUT2D eigenvalue weighted by atomic mass is 9.99. The van der Waals surface area contributed by atoms with E-state index >= 15 is 0 Å². The van der Waals surface area contributed by atoms with Gasteiger partial charge in [0.05, 0.1) is 6.61 Å². The third-order valence-corrected chi connectivity index (χ3v) is 5.49. The van der Waals surface area contributed by atoms with E-state index in [0.717, 1.165) is 19.4 Å². The highest BCUT2D eigenvalue weighted by atomic mass is 32.2. The topological polar surface area (TPSA) is 32.3 Å². The molecule has 1 saturated carbocycles. The van der Waals surface area contributed by atoms with Crippen molar-refractivity contribution in [1.82, 2.24) is 5.32 Å². The van der Waals surface area contributed by atoms with Crippen LogP contribution in [0.4, 0.5) is 0 Å². The van der Waals surface area contributed by atoms with Gasteiger partial charge in [-0.1, -0.05) is 24.6 Å². The molecule has 0 bridgehead atoms. The fourth-order valence-corrected chi connectivity index (χ4v) is 4.41. The van der Waals surface area contributed by atoms with Gasteiger partial charge in [-0.05, 0) is 51.3 Å². The first-order valence-electron chi connectivity index (χ1n) is 7.18. The Morgan fingerprint density at radius 2 is 2.21 bits per heavy atom. The molecule has 0 aromatic heterocycles. The minimum atomic E-state index is -0.0367. The fraction of sp³-hybridized carbons (Fsp3) is 0.625. The number of thioether (sulfide) groups is 1. The summed E-state index contributed by atoms with van der Waals surface area (Å²) in [5.41, 5.74) is 2.66. The zero-order valence-electron chi connectivity index (χ0n) is 12.2. The maximum absolute atomic E-state index is 9.65. The van der Waals surface area contributed by atoms with E-state index in [1.807, 2.05) is 11.8 Å². The maximum Gasteiger partial charge on any atom is 0.0613 e. The molecule has 2 rings (SSSR count). The Hall–Kier alpha value is -0.510. The summed E-state index contributed by atoms with van der Waals surface area (Å²) in [5.74, 6) is 0. The van der Waals surface area contributed by atoms with E-state index in [1.165, 1.54) is 22.4 Å². The molecule has 3 heteroatoms. The van der Waals surface area contributed by atoms with Crippen molar-refractivity contribution in [3.63, 3.8) is 0 Å². The van der Waals surface area contributed by atoms with Crippen molar-refractivity contribution in [2.45, 2.75) is 55.7 Å². The van der Waals surface area contributed by atoms with E-state index in [0.29, 0.717) is 5.25 Å². The van der Waals surface area contributed by atoms with Crippen molar-refractivity contribution in [1.29, 1.82) is 0 Å². The number of likely N-dealkylation sites (N-methyl/N-ethyl adjacent to an activating group) is 1. The van der Waals surface area contributed by atoms with Gasteiger partial charge in [0.25, 0.3) is 0 Å². The second-order valence-corrected chi connectivity index (χ2v) is 7.06. The van der Waals surface area contributed by atoms with E-state index < -0.39 is 0 Å². The summed E-state index contributed by atoms with van der Waals surface area (Å²) in [6, 6.07) is 6.68. The van der Waals surface area contributed by atoms with Gasteiger partial charge in [0.15, 0.2) is 0 Å². The lowest BCUT2D eigenvalue weighted by molar-refractivity contribution is 0.167. The minimum Gasteiger partial charge on any atom is -0.394 e. The number of aryl methyl sites for hydroxylation is 2. The van der Waals surface area contributed by atoms with Gasteiger partial charge >= 0.3 is 0 Å². The van der Waals surface area contributed by atoms with Gasteiger partial charge in [0.2, 0.25) is 0 Å². The van der Waals surface area contributed by atoms with Crippen LogP contribution in [0.25, 0.3) is 0 Å². The van der Waals surface area contributed by atoms with Gasteiger partial charge in [0.1, 0.15) is 0 Å². The van der Waals surface area contributed by atoms with E-state index in [4.69, 9.17) is 0 Å². The van der Waals surface area contributed by atoms with E-state index in [1.54, 1.807) is 0 Å². The van der Waals surface area contributed by atoms with Crippen LogP contribution in [0.3, 0.4) is 0 Å². The monoisotopic (exact) mass is 279 g/mol. The molecule has 1 aromatic carbocycles. The molecule has 1 aromatic rings. The van der Waals surface area contributed by atoms with E-state index in [2.05, 4.69) is 44.3 Å². The Balaban J connectivity index is 2.01. The molecule has 0 spiro atoms. The molecule has 0 heterocycles. The van der Waals surface area contributed by atoms with Crippen LogP contribution in [-0.2, 0) is 0 Å². The van der Waals surface area contributed by atoms with Gasteiger partial charge in [-0.15, -0.1) is 11.8 Å². The van der Waals surface area contributed by atoms with Crippen LogP contribution in [0.15, 0.2) is 23.1 Å². The standard InChI is InChI=1S/C16H25NOS/c1-4-17-16(11-18)8-7-14(10-16)19-15-6-5-12(2)9-13(15)3/h5-6,9,14,17-18H,4,7-8,10-11H2,1-3H3. The van der Waals surface area contributed by atoms with E-state index in [-0.39, 0.29) is 12.1 Å². The molecular formula is C16H25NOS. The lowest BCUT2D eigenvalue weighted by Crippen LogP contribution is -2.46. The smallest absolute Gasteiger partial charge is 0.0613 e. The summed E-state index contributed by atoms with van der Waals surface area (Å²) in [6.45, 7) is 7.63. The third-order valence-electron chi connectivity index (χ3n) is 4.04. The van der Waals surface area contributed by atoms with Crippen LogP contribution in [0.2, 0.25) is 0 Å². The third kappa shape index (κ3) is 3.53. The average Bonchev–Trinajstić information content (AvgIpc) is 2.77. The van der Waals surface area contributed by atoms with Crippen LogP contribution in [0.1, 0.15) is 37.3 Å². The first-order valence-corrected chi connectivity index (χ1v) is 8.06. The summed E-state index contributed by atoms with van der Waals surface area (Å²) in [7, 11) is 0. The first-order chi connectivity index (χ1) is 9.08. The van der Waals surface area contributed by atoms with Gasteiger partial charge in [0, 0.05) is 15.7 Å². The zero-order valence-corrected chi connectivity index (χ0v) is 13.0. The van der Waals surface area contributed by atoms with Crippen molar-refractivity contribution in [2.75, 3.05) is 13.2 Å². The Labute approximate surface area is 121 Å². The van der Waals surface area contributed by atoms with Gasteiger partial charge in [-0.25, -0.2) is 0 Å². The van der Waals surface area contributed by atoms with Gasteiger partial charge in [-0.3, -0.25) is 0 Å². The number of aliphatic hydroxyl groups is 1. The largest absolute Gasteiger partial charge is 0.394 e. The molecule has 2 unspecified atom stereocenters. The second kappa shape index (κ2) is 6.29. The maximum atomic E-state index is 9.65. The number of benzene rings is 1. The zero-order chi connectivity index (χ0) is 13.9. The van der Waals surface area contributed by atoms with Crippen molar-refractivity contribution in [3.05, 3.63) is 29.3 Å². The van der Waals surface area contributed by atoms with Crippen molar-refractivity contribution in [2.24, 2.45) is 0 Å². The van der Waals surface area contributed by atoms with Crippen LogP contribution in [0.5, 0.6) is 0 Å². The molecule has 0 amide bonds. The highest BCUT2D eigenvalue weighted by Gasteiger charge is 2.38. The molecule has 106 valence electrons. The molecule has 0 aliphatic heterocycles. The quantitative estimate of drug-likeness (QED) is 0.867. The molecule has 1 fully saturated rings. The summed E-state index contributed by atoms with van der Waals surface area (Å²) >= 11 is 1.98. The second-order valence-electron chi connectivity index (χ2n) is 5.72. The highest BCUT2D eigenvalue weighted by Crippen LogP contribution is 2.41. The molecule has 2 N–H and O–H groups in total. The van der Waals surface area contributed by atoms with Gasteiger partial charge < -0.3 is 10.4 Å². The number of hydrogen-bond donors (Lipinski definition) is 2.